The summed E-state index contributed by atoms with van der Waals surface area (Å²) in [6.07, 6.45) is 4.44. The molecular formula is C36H47N5O10S2. The number of hydrogen-bond donors (Lipinski definition) is 3. The molecule has 17 heteroatoms. The average molecular weight is 774 g/mol. The third-order valence-corrected chi connectivity index (χ3v) is 12.2. The largest absolute Gasteiger partial charge is 0.472 e. The van der Waals surface area contributed by atoms with Gasteiger partial charge in [-0.25, -0.2) is 18.2 Å². The first-order chi connectivity index (χ1) is 24.8. The number of carbonyl (C=O) groups excluding carboxylic acids is 4. The van der Waals surface area contributed by atoms with Crippen molar-refractivity contribution in [3.8, 4) is 17.4 Å². The van der Waals surface area contributed by atoms with Crippen molar-refractivity contribution in [1.82, 2.24) is 25.2 Å². The highest BCUT2D eigenvalue weighted by molar-refractivity contribution is 7.98. The summed E-state index contributed by atoms with van der Waals surface area (Å²) in [5.74, 6) is -1.20. The lowest BCUT2D eigenvalue weighted by Gasteiger charge is -2.36. The van der Waals surface area contributed by atoms with Gasteiger partial charge in [0.15, 0.2) is 11.5 Å². The van der Waals surface area contributed by atoms with E-state index < -0.39 is 79.7 Å². The minimum absolute atomic E-state index is 0.00426. The van der Waals surface area contributed by atoms with Gasteiger partial charge < -0.3 is 34.5 Å². The van der Waals surface area contributed by atoms with Crippen LogP contribution in [0.15, 0.2) is 35.9 Å². The summed E-state index contributed by atoms with van der Waals surface area (Å²) in [7, 11) is -3.91. The highest BCUT2D eigenvalue weighted by atomic mass is 32.2. The van der Waals surface area contributed by atoms with Gasteiger partial charge in [-0.1, -0.05) is 26.8 Å². The molecule has 6 rings (SSSR count). The molecule has 3 fully saturated rings. The maximum atomic E-state index is 14.5. The lowest BCUT2D eigenvalue weighted by Crippen LogP contribution is -2.60. The van der Waals surface area contributed by atoms with E-state index in [1.807, 2.05) is 12.3 Å². The number of pyridine rings is 1. The minimum Gasteiger partial charge on any atom is -0.472 e. The number of nitrogens with zero attached hydrogens (tertiary/aromatic N) is 2. The Labute approximate surface area is 313 Å². The third-order valence-electron chi connectivity index (χ3n) is 9.68. The Balaban J connectivity index is 1.31. The number of amides is 4. The zero-order valence-electron chi connectivity index (χ0n) is 30.9. The fourth-order valence-electron chi connectivity index (χ4n) is 6.69. The maximum Gasteiger partial charge on any atom is 0.408 e. The normalized spacial score (nSPS) is 24.3. The van der Waals surface area contributed by atoms with Gasteiger partial charge in [0, 0.05) is 29.3 Å². The Hall–Kier alpha value is -4.25. The predicted octanol–water partition coefficient (Wildman–Crippen LogP) is 3.64. The van der Waals surface area contributed by atoms with Gasteiger partial charge in [-0.3, -0.25) is 19.1 Å². The first kappa shape index (κ1) is 38.5. The quantitative estimate of drug-likeness (QED) is 0.222. The lowest BCUT2D eigenvalue weighted by molar-refractivity contribution is -0.143. The van der Waals surface area contributed by atoms with Crippen molar-refractivity contribution in [2.75, 3.05) is 19.6 Å². The first-order valence-electron chi connectivity index (χ1n) is 17.5. The highest BCUT2D eigenvalue weighted by Crippen LogP contribution is 2.48. The van der Waals surface area contributed by atoms with Crippen LogP contribution >= 0.6 is 11.8 Å². The van der Waals surface area contributed by atoms with E-state index in [9.17, 15) is 27.6 Å². The molecule has 2 aromatic rings. The molecule has 0 radical (unpaired) electrons. The van der Waals surface area contributed by atoms with Crippen molar-refractivity contribution in [3.05, 3.63) is 31.0 Å². The van der Waals surface area contributed by atoms with E-state index >= 15 is 0 Å². The maximum absolute atomic E-state index is 14.5. The molecule has 0 spiro atoms. The lowest BCUT2D eigenvalue weighted by atomic mass is 9.85. The molecule has 3 N–H and O–H groups in total. The molecule has 2 aliphatic heterocycles. The minimum atomic E-state index is -3.91. The first-order valence-corrected chi connectivity index (χ1v) is 20.3. The molecule has 288 valence electrons. The summed E-state index contributed by atoms with van der Waals surface area (Å²) in [6.45, 7) is 14.2. The van der Waals surface area contributed by atoms with Crippen LogP contribution < -0.4 is 29.6 Å². The van der Waals surface area contributed by atoms with Crippen molar-refractivity contribution >= 4 is 56.4 Å². The molecule has 53 heavy (non-hydrogen) atoms. The Morgan fingerprint density at radius 1 is 1.11 bits per heavy atom. The van der Waals surface area contributed by atoms with Gasteiger partial charge in [-0.2, -0.15) is 0 Å². The van der Waals surface area contributed by atoms with Gasteiger partial charge in [0.2, 0.25) is 34.5 Å². The second kappa shape index (κ2) is 13.9. The molecule has 0 bridgehead atoms. The summed E-state index contributed by atoms with van der Waals surface area (Å²) in [6, 6.07) is 1.37. The number of aromatic nitrogens is 1. The zero-order chi connectivity index (χ0) is 38.7. The second-order valence-electron chi connectivity index (χ2n) is 16.0. The average Bonchev–Trinajstić information content (AvgIpc) is 3.95. The van der Waals surface area contributed by atoms with Crippen LogP contribution in [0.5, 0.6) is 17.4 Å². The fourth-order valence-corrected chi connectivity index (χ4v) is 8.62. The van der Waals surface area contributed by atoms with Crippen molar-refractivity contribution in [2.24, 2.45) is 11.3 Å². The second-order valence-corrected chi connectivity index (χ2v) is 18.8. The highest BCUT2D eigenvalue weighted by Gasteiger charge is 2.62. The number of carbonyl (C=O) groups is 4. The van der Waals surface area contributed by atoms with Crippen LogP contribution in [-0.4, -0.2) is 96.3 Å². The SMILES string of the molecule is C=CC1C[C@]1(NC(=O)[C@@H]1C[C@@H](Oc2nccc3c4c(c(SC)cc23)OCO4)CN1C(=O)[C@@H](NC(=O)OC(C)(C)C)C(C)(C)C)C(=O)NS(=O)(=O)C1CC1. The van der Waals surface area contributed by atoms with E-state index in [1.54, 1.807) is 53.8 Å². The third kappa shape index (κ3) is 7.86. The summed E-state index contributed by atoms with van der Waals surface area (Å²) >= 11 is 1.47. The van der Waals surface area contributed by atoms with Gasteiger partial charge >= 0.3 is 6.09 Å². The molecule has 4 aliphatic rings. The van der Waals surface area contributed by atoms with Gasteiger partial charge in [0.1, 0.15) is 29.3 Å². The van der Waals surface area contributed by atoms with Crippen molar-refractivity contribution < 1.29 is 46.5 Å². The van der Waals surface area contributed by atoms with Crippen LogP contribution in [0, 0.1) is 11.3 Å². The number of benzene rings is 1. The number of hydrogen-bond acceptors (Lipinski definition) is 12. The summed E-state index contributed by atoms with van der Waals surface area (Å²) in [4.78, 5) is 62.0. The summed E-state index contributed by atoms with van der Waals surface area (Å²) < 4.78 is 51.0. The molecule has 4 amide bonds. The van der Waals surface area contributed by atoms with Crippen LogP contribution in [0.25, 0.3) is 10.8 Å². The van der Waals surface area contributed by atoms with Crippen molar-refractivity contribution in [2.45, 2.75) is 107 Å². The number of nitrogens with one attached hydrogen (secondary N) is 3. The number of rotatable bonds is 11. The van der Waals surface area contributed by atoms with Gasteiger partial charge in [0.05, 0.1) is 16.7 Å². The van der Waals surface area contributed by atoms with Crippen LogP contribution in [-0.2, 0) is 29.1 Å². The predicted molar refractivity (Wildman–Crippen MR) is 196 cm³/mol. The number of sulfonamides is 1. The van der Waals surface area contributed by atoms with Gasteiger partial charge in [-0.05, 0) is 63.8 Å². The van der Waals surface area contributed by atoms with Crippen molar-refractivity contribution in [1.29, 1.82) is 0 Å². The molecule has 15 nitrogen and oxygen atoms in total. The molecule has 1 aromatic heterocycles. The Kier molecular flexibility index (Phi) is 10.1. The number of fused-ring (bicyclic) bond motifs is 3. The fraction of sp³-hybridized carbons (Fsp3) is 0.583. The summed E-state index contributed by atoms with van der Waals surface area (Å²) in [5.41, 5.74) is -3.23. The topological polar surface area (TPSA) is 192 Å². The smallest absolute Gasteiger partial charge is 0.408 e. The molecule has 2 aliphatic carbocycles. The number of thioether (sulfide) groups is 1. The van der Waals surface area contributed by atoms with E-state index in [0.717, 1.165) is 4.90 Å². The van der Waals surface area contributed by atoms with Gasteiger partial charge in [-0.15, -0.1) is 18.3 Å². The Bertz CT molecular complexity index is 1960. The van der Waals surface area contributed by atoms with Crippen LogP contribution in [0.1, 0.15) is 67.2 Å². The number of likely N-dealkylation sites (tertiary alicyclic amines) is 1. The number of alkyl carbamates (subject to hydrolysis) is 1. The molecule has 3 heterocycles. The molecule has 1 aromatic carbocycles. The van der Waals surface area contributed by atoms with Crippen LogP contribution in [0.3, 0.4) is 0 Å². The molecule has 1 unspecified atom stereocenters. The summed E-state index contributed by atoms with van der Waals surface area (Å²) in [5, 5.41) is 6.20. The monoisotopic (exact) mass is 773 g/mol. The molecule has 2 saturated carbocycles. The Morgan fingerprint density at radius 2 is 1.81 bits per heavy atom. The standard InChI is InChI=1S/C36H47N5O10S2/c1-9-19-16-36(19,32(44)40-53(46,47)21-10-11-21)39-29(42)24-14-20(17-41(24)31(43)28(34(2,3)4)38-33(45)51-35(5,6)7)50-30-23-15-25(52-8)27-26(48-18-49-27)22(23)12-13-37-30/h9,12-13,15,19-21,24,28H,1,10-11,14,16-18H2,2-8H3,(H,38,45)(H,39,42)(H,40,44)/t19?,20-,24+,28-,36-/m1/s1. The van der Waals surface area contributed by atoms with E-state index in [0.29, 0.717) is 35.1 Å². The molecular weight excluding hydrogens is 727 g/mol. The zero-order valence-corrected chi connectivity index (χ0v) is 32.6. The van der Waals surface area contributed by atoms with Crippen LogP contribution in [0.2, 0.25) is 0 Å². The van der Waals surface area contributed by atoms with Crippen molar-refractivity contribution in [3.63, 3.8) is 0 Å². The molecule has 1 saturated heterocycles. The van der Waals surface area contributed by atoms with E-state index in [1.165, 1.54) is 22.7 Å². The van der Waals surface area contributed by atoms with E-state index in [-0.39, 0.29) is 32.1 Å². The van der Waals surface area contributed by atoms with E-state index in [2.05, 4.69) is 26.9 Å². The van der Waals surface area contributed by atoms with Gasteiger partial charge in [0.25, 0.3) is 5.91 Å². The number of ether oxygens (including phenoxy) is 4. The molecule has 5 atom stereocenters. The van der Waals surface area contributed by atoms with Crippen LogP contribution in [0.4, 0.5) is 4.79 Å². The van der Waals surface area contributed by atoms with E-state index in [4.69, 9.17) is 18.9 Å². The Morgan fingerprint density at radius 3 is 2.42 bits per heavy atom.